The Kier molecular flexibility index (Phi) is 4.10. The largest absolute Gasteiger partial charge is 0.326 e. The normalized spacial score (nSPS) is 10.0. The van der Waals surface area contributed by atoms with E-state index in [0.29, 0.717) is 18.1 Å². The number of aryl methyl sites for hydroxylation is 1. The zero-order valence-corrected chi connectivity index (χ0v) is 10.7. The summed E-state index contributed by atoms with van der Waals surface area (Å²) in [5.41, 5.74) is 8.16. The Morgan fingerprint density at radius 1 is 1.21 bits per heavy atom. The molecular formula is C14H16N4O. The summed E-state index contributed by atoms with van der Waals surface area (Å²) in [6.45, 7) is 2.37. The molecule has 0 unspecified atom stereocenters. The van der Waals surface area contributed by atoms with Crippen molar-refractivity contribution < 1.29 is 4.79 Å². The first-order chi connectivity index (χ1) is 9.19. The van der Waals surface area contributed by atoms with Crippen LogP contribution in [0.1, 0.15) is 11.1 Å². The number of nitrogens with two attached hydrogens (primary N) is 1. The predicted molar refractivity (Wildman–Crippen MR) is 75.9 cm³/mol. The fourth-order valence-corrected chi connectivity index (χ4v) is 1.61. The molecule has 2 amide bonds. The average molecular weight is 256 g/mol. The second kappa shape index (κ2) is 5.97. The summed E-state index contributed by atoms with van der Waals surface area (Å²) in [6.07, 6.45) is 1.64. The highest BCUT2D eigenvalue weighted by Crippen LogP contribution is 2.12. The van der Waals surface area contributed by atoms with Crippen molar-refractivity contribution in [2.75, 3.05) is 10.6 Å². The van der Waals surface area contributed by atoms with E-state index in [1.165, 1.54) is 0 Å². The SMILES string of the molecule is Cc1cccnc1NC(=O)Nc1ccc(CN)cc1. The number of hydrogen-bond donors (Lipinski definition) is 3. The van der Waals surface area contributed by atoms with Crippen molar-refractivity contribution in [2.24, 2.45) is 5.73 Å². The van der Waals surface area contributed by atoms with E-state index in [4.69, 9.17) is 5.73 Å². The van der Waals surface area contributed by atoms with Crippen LogP contribution in [0, 0.1) is 6.92 Å². The summed E-state index contributed by atoms with van der Waals surface area (Å²) in [5.74, 6) is 0.554. The lowest BCUT2D eigenvalue weighted by atomic mass is 10.2. The fraction of sp³-hybridized carbons (Fsp3) is 0.143. The third-order valence-electron chi connectivity index (χ3n) is 2.69. The lowest BCUT2D eigenvalue weighted by Gasteiger charge is -2.09. The van der Waals surface area contributed by atoms with Gasteiger partial charge in [-0.25, -0.2) is 9.78 Å². The van der Waals surface area contributed by atoms with E-state index in [9.17, 15) is 4.79 Å². The van der Waals surface area contributed by atoms with Gasteiger partial charge in [-0.15, -0.1) is 0 Å². The van der Waals surface area contributed by atoms with Crippen molar-refractivity contribution in [1.82, 2.24) is 4.98 Å². The molecule has 1 aromatic carbocycles. The summed E-state index contributed by atoms with van der Waals surface area (Å²) >= 11 is 0. The third kappa shape index (κ3) is 3.53. The van der Waals surface area contributed by atoms with Crippen LogP contribution < -0.4 is 16.4 Å². The lowest BCUT2D eigenvalue weighted by molar-refractivity contribution is 0.262. The van der Waals surface area contributed by atoms with Crippen LogP contribution in [0.25, 0.3) is 0 Å². The van der Waals surface area contributed by atoms with Gasteiger partial charge in [0.25, 0.3) is 0 Å². The van der Waals surface area contributed by atoms with Gasteiger partial charge in [-0.2, -0.15) is 0 Å². The Morgan fingerprint density at radius 2 is 1.95 bits per heavy atom. The molecule has 0 bridgehead atoms. The number of urea groups is 1. The van der Waals surface area contributed by atoms with Crippen LogP contribution in [0.3, 0.4) is 0 Å². The molecule has 0 fully saturated rings. The van der Waals surface area contributed by atoms with Crippen molar-refractivity contribution >= 4 is 17.5 Å². The summed E-state index contributed by atoms with van der Waals surface area (Å²) in [7, 11) is 0. The van der Waals surface area contributed by atoms with Crippen LogP contribution in [0.2, 0.25) is 0 Å². The van der Waals surface area contributed by atoms with Crippen LogP contribution in [-0.2, 0) is 6.54 Å². The van der Waals surface area contributed by atoms with Crippen molar-refractivity contribution in [3.63, 3.8) is 0 Å². The minimum Gasteiger partial charge on any atom is -0.326 e. The van der Waals surface area contributed by atoms with Crippen LogP contribution >= 0.6 is 0 Å². The number of nitrogens with zero attached hydrogens (tertiary/aromatic N) is 1. The number of anilines is 2. The van der Waals surface area contributed by atoms with E-state index < -0.39 is 0 Å². The number of carbonyl (C=O) groups excluding carboxylic acids is 1. The van der Waals surface area contributed by atoms with Crippen LogP contribution in [0.5, 0.6) is 0 Å². The number of amides is 2. The van der Waals surface area contributed by atoms with Gasteiger partial charge in [0.1, 0.15) is 5.82 Å². The van der Waals surface area contributed by atoms with Crippen LogP contribution in [0.4, 0.5) is 16.3 Å². The fourth-order valence-electron chi connectivity index (χ4n) is 1.61. The molecule has 0 aliphatic heterocycles. The van der Waals surface area contributed by atoms with Gasteiger partial charge in [0, 0.05) is 18.4 Å². The maximum Gasteiger partial charge on any atom is 0.324 e. The predicted octanol–water partition coefficient (Wildman–Crippen LogP) is 2.49. The molecule has 98 valence electrons. The van der Waals surface area contributed by atoms with Crippen molar-refractivity contribution in [1.29, 1.82) is 0 Å². The minimum atomic E-state index is -0.317. The second-order valence-electron chi connectivity index (χ2n) is 4.15. The van der Waals surface area contributed by atoms with E-state index >= 15 is 0 Å². The summed E-state index contributed by atoms with van der Waals surface area (Å²) < 4.78 is 0. The van der Waals surface area contributed by atoms with E-state index in [-0.39, 0.29) is 6.03 Å². The molecular weight excluding hydrogens is 240 g/mol. The Labute approximate surface area is 111 Å². The molecule has 5 heteroatoms. The molecule has 4 N–H and O–H groups in total. The van der Waals surface area contributed by atoms with E-state index in [0.717, 1.165) is 11.1 Å². The quantitative estimate of drug-likeness (QED) is 0.789. The number of pyridine rings is 1. The van der Waals surface area contributed by atoms with E-state index in [1.54, 1.807) is 6.20 Å². The summed E-state index contributed by atoms with van der Waals surface area (Å²) in [4.78, 5) is 15.9. The molecule has 2 rings (SSSR count). The van der Waals surface area contributed by atoms with Crippen molar-refractivity contribution in [2.45, 2.75) is 13.5 Å². The number of carbonyl (C=O) groups is 1. The van der Waals surface area contributed by atoms with Gasteiger partial charge in [0.15, 0.2) is 0 Å². The van der Waals surface area contributed by atoms with Gasteiger partial charge < -0.3 is 11.1 Å². The third-order valence-corrected chi connectivity index (χ3v) is 2.69. The molecule has 0 aliphatic rings. The topological polar surface area (TPSA) is 80.0 Å². The molecule has 0 saturated heterocycles. The zero-order chi connectivity index (χ0) is 13.7. The zero-order valence-electron chi connectivity index (χ0n) is 10.7. The molecule has 2 aromatic rings. The number of nitrogens with one attached hydrogen (secondary N) is 2. The molecule has 0 aliphatic carbocycles. The molecule has 0 atom stereocenters. The number of hydrogen-bond acceptors (Lipinski definition) is 3. The highest BCUT2D eigenvalue weighted by Gasteiger charge is 2.05. The molecule has 5 nitrogen and oxygen atoms in total. The Balaban J connectivity index is 1.99. The molecule has 19 heavy (non-hydrogen) atoms. The minimum absolute atomic E-state index is 0.317. The first-order valence-corrected chi connectivity index (χ1v) is 5.97. The van der Waals surface area contributed by atoms with E-state index in [1.807, 2.05) is 43.3 Å². The summed E-state index contributed by atoms with van der Waals surface area (Å²) in [5, 5.41) is 5.44. The van der Waals surface area contributed by atoms with Gasteiger partial charge in [0.05, 0.1) is 0 Å². The second-order valence-corrected chi connectivity index (χ2v) is 4.15. The first-order valence-electron chi connectivity index (χ1n) is 5.97. The lowest BCUT2D eigenvalue weighted by Crippen LogP contribution is -2.20. The van der Waals surface area contributed by atoms with Crippen molar-refractivity contribution in [3.8, 4) is 0 Å². The van der Waals surface area contributed by atoms with Gasteiger partial charge in [0.2, 0.25) is 0 Å². The molecule has 1 heterocycles. The van der Waals surface area contributed by atoms with Gasteiger partial charge in [-0.1, -0.05) is 18.2 Å². The Bertz CT molecular complexity index is 566. The maximum absolute atomic E-state index is 11.8. The molecule has 0 spiro atoms. The Hall–Kier alpha value is -2.40. The number of rotatable bonds is 3. The van der Waals surface area contributed by atoms with Gasteiger partial charge in [-0.05, 0) is 36.2 Å². The van der Waals surface area contributed by atoms with Gasteiger partial charge in [-0.3, -0.25) is 5.32 Å². The maximum atomic E-state index is 11.8. The summed E-state index contributed by atoms with van der Waals surface area (Å²) in [6, 6.07) is 10.8. The number of benzene rings is 1. The highest BCUT2D eigenvalue weighted by molar-refractivity contribution is 5.99. The molecule has 0 saturated carbocycles. The average Bonchev–Trinajstić information content (AvgIpc) is 2.42. The van der Waals surface area contributed by atoms with Gasteiger partial charge >= 0.3 is 6.03 Å². The smallest absolute Gasteiger partial charge is 0.324 e. The van der Waals surface area contributed by atoms with E-state index in [2.05, 4.69) is 15.6 Å². The van der Waals surface area contributed by atoms with Crippen molar-refractivity contribution in [3.05, 3.63) is 53.7 Å². The molecule has 0 radical (unpaired) electrons. The van der Waals surface area contributed by atoms with Crippen LogP contribution in [-0.4, -0.2) is 11.0 Å². The first kappa shape index (κ1) is 13.0. The molecule has 1 aromatic heterocycles. The number of aromatic nitrogens is 1. The Morgan fingerprint density at radius 3 is 2.58 bits per heavy atom. The monoisotopic (exact) mass is 256 g/mol. The standard InChI is InChI=1S/C14H16N4O/c1-10-3-2-8-16-13(10)18-14(19)17-12-6-4-11(9-15)5-7-12/h2-8H,9,15H2,1H3,(H2,16,17,18,19). The highest BCUT2D eigenvalue weighted by atomic mass is 16.2. The van der Waals surface area contributed by atoms with Crippen LogP contribution in [0.15, 0.2) is 42.6 Å².